The Bertz CT molecular complexity index is 896. The van der Waals surface area contributed by atoms with Crippen LogP contribution >= 0.6 is 0 Å². The van der Waals surface area contributed by atoms with Crippen molar-refractivity contribution in [2.45, 2.75) is 4.90 Å². The monoisotopic (exact) mass is 381 g/mol. The standard InChI is InChI=1S/C17H16FNO6S/c1-24-16-5-3-2-4-14(16)15(20)11-25-17(21)10-19-26(22,23)13-8-6-12(18)7-9-13/h2-9,19H,10-11H2,1H3. The third-order valence-corrected chi connectivity index (χ3v) is 4.72. The highest BCUT2D eigenvalue weighted by molar-refractivity contribution is 7.89. The molecule has 0 heterocycles. The van der Waals surface area contributed by atoms with Crippen LogP contribution in [-0.2, 0) is 19.6 Å². The van der Waals surface area contributed by atoms with Gasteiger partial charge in [0.25, 0.3) is 0 Å². The molecule has 0 bridgehead atoms. The van der Waals surface area contributed by atoms with Gasteiger partial charge in [-0.05, 0) is 36.4 Å². The maximum Gasteiger partial charge on any atom is 0.321 e. The van der Waals surface area contributed by atoms with E-state index in [0.29, 0.717) is 5.75 Å². The van der Waals surface area contributed by atoms with E-state index >= 15 is 0 Å². The molecule has 0 fully saturated rings. The van der Waals surface area contributed by atoms with Gasteiger partial charge in [-0.2, -0.15) is 4.72 Å². The summed E-state index contributed by atoms with van der Waals surface area (Å²) in [5.41, 5.74) is 0.245. The maximum atomic E-state index is 12.8. The zero-order valence-corrected chi connectivity index (χ0v) is 14.6. The number of nitrogens with one attached hydrogen (secondary N) is 1. The summed E-state index contributed by atoms with van der Waals surface area (Å²) in [6.45, 7) is -1.23. The molecule has 0 aromatic heterocycles. The summed E-state index contributed by atoms with van der Waals surface area (Å²) >= 11 is 0. The molecule has 2 aromatic carbocycles. The topological polar surface area (TPSA) is 98.8 Å². The number of ketones is 1. The van der Waals surface area contributed by atoms with E-state index in [4.69, 9.17) is 9.47 Å². The Balaban J connectivity index is 1.89. The van der Waals surface area contributed by atoms with Crippen LogP contribution in [-0.4, -0.2) is 40.4 Å². The number of hydrogen-bond acceptors (Lipinski definition) is 6. The van der Waals surface area contributed by atoms with Crippen LogP contribution in [0.1, 0.15) is 10.4 Å². The number of para-hydroxylation sites is 1. The predicted octanol–water partition coefficient (Wildman–Crippen LogP) is 1.54. The van der Waals surface area contributed by atoms with Gasteiger partial charge in [-0.25, -0.2) is 12.8 Å². The first-order valence-electron chi connectivity index (χ1n) is 7.40. The Morgan fingerprint density at radius 2 is 1.73 bits per heavy atom. The van der Waals surface area contributed by atoms with Crippen molar-refractivity contribution >= 4 is 21.8 Å². The molecule has 0 radical (unpaired) electrons. The highest BCUT2D eigenvalue weighted by atomic mass is 32.2. The Morgan fingerprint density at radius 3 is 2.38 bits per heavy atom. The number of rotatable bonds is 8. The first kappa shape index (κ1) is 19.5. The van der Waals surface area contributed by atoms with Crippen molar-refractivity contribution in [3.63, 3.8) is 0 Å². The molecule has 0 amide bonds. The summed E-state index contributed by atoms with van der Waals surface area (Å²) < 4.78 is 48.6. The van der Waals surface area contributed by atoms with Crippen LogP contribution in [0, 0.1) is 5.82 Å². The number of hydrogen-bond donors (Lipinski definition) is 1. The zero-order chi connectivity index (χ0) is 19.2. The van der Waals surface area contributed by atoms with Crippen molar-refractivity contribution in [2.75, 3.05) is 20.3 Å². The molecule has 2 aromatic rings. The second kappa shape index (κ2) is 8.54. The van der Waals surface area contributed by atoms with Crippen molar-refractivity contribution in [3.8, 4) is 5.75 Å². The van der Waals surface area contributed by atoms with Crippen molar-refractivity contribution < 1.29 is 31.9 Å². The van der Waals surface area contributed by atoms with E-state index in [1.54, 1.807) is 18.2 Å². The fraction of sp³-hybridized carbons (Fsp3) is 0.176. The molecule has 0 spiro atoms. The summed E-state index contributed by atoms with van der Waals surface area (Å²) in [6, 6.07) is 10.5. The van der Waals surface area contributed by atoms with Gasteiger partial charge in [-0.3, -0.25) is 9.59 Å². The summed E-state index contributed by atoms with van der Waals surface area (Å²) in [7, 11) is -2.59. The molecule has 1 N–H and O–H groups in total. The number of esters is 1. The first-order valence-corrected chi connectivity index (χ1v) is 8.89. The van der Waals surface area contributed by atoms with Gasteiger partial charge in [-0.15, -0.1) is 0 Å². The van der Waals surface area contributed by atoms with Crippen LogP contribution in [0.4, 0.5) is 4.39 Å². The lowest BCUT2D eigenvalue weighted by atomic mass is 10.1. The molecule has 7 nitrogen and oxygen atoms in total. The van der Waals surface area contributed by atoms with Crippen LogP contribution in [0.25, 0.3) is 0 Å². The average Bonchev–Trinajstić information content (AvgIpc) is 2.64. The number of halogens is 1. The largest absolute Gasteiger partial charge is 0.496 e. The molecule has 0 atom stereocenters. The molecular formula is C17H16FNO6S. The number of ether oxygens (including phenoxy) is 2. The summed E-state index contributed by atoms with van der Waals surface area (Å²) in [5, 5.41) is 0. The lowest BCUT2D eigenvalue weighted by Gasteiger charge is -2.09. The Kier molecular flexibility index (Phi) is 6.42. The molecule has 0 aliphatic heterocycles. The fourth-order valence-electron chi connectivity index (χ4n) is 2.00. The molecule has 0 unspecified atom stereocenters. The lowest BCUT2D eigenvalue weighted by Crippen LogP contribution is -2.31. The highest BCUT2D eigenvalue weighted by Gasteiger charge is 2.18. The van der Waals surface area contributed by atoms with Gasteiger partial charge in [0.15, 0.2) is 6.61 Å². The maximum absolute atomic E-state index is 12.8. The third-order valence-electron chi connectivity index (χ3n) is 3.30. The van der Waals surface area contributed by atoms with E-state index in [0.717, 1.165) is 24.3 Å². The predicted molar refractivity (Wildman–Crippen MR) is 89.9 cm³/mol. The van der Waals surface area contributed by atoms with Crippen LogP contribution < -0.4 is 9.46 Å². The van der Waals surface area contributed by atoms with Crippen molar-refractivity contribution in [2.24, 2.45) is 0 Å². The Labute approximate surface area is 149 Å². The van der Waals surface area contributed by atoms with Crippen LogP contribution in [0.2, 0.25) is 0 Å². The van der Waals surface area contributed by atoms with Gasteiger partial charge in [0.2, 0.25) is 15.8 Å². The molecular weight excluding hydrogens is 365 g/mol. The van der Waals surface area contributed by atoms with Gasteiger partial charge in [0.05, 0.1) is 17.6 Å². The average molecular weight is 381 g/mol. The number of sulfonamides is 1. The molecule has 0 aliphatic carbocycles. The smallest absolute Gasteiger partial charge is 0.321 e. The molecule has 26 heavy (non-hydrogen) atoms. The first-order chi connectivity index (χ1) is 12.3. The third kappa shape index (κ3) is 5.11. The van der Waals surface area contributed by atoms with Gasteiger partial charge in [-0.1, -0.05) is 12.1 Å². The van der Waals surface area contributed by atoms with Crippen LogP contribution in [0.5, 0.6) is 5.75 Å². The minimum atomic E-state index is -4.00. The molecule has 0 aliphatic rings. The van der Waals surface area contributed by atoms with Gasteiger partial charge in [0, 0.05) is 0 Å². The Hall–Kier alpha value is -2.78. The minimum Gasteiger partial charge on any atom is -0.496 e. The number of carbonyl (C=O) groups excluding carboxylic acids is 2. The fourth-order valence-corrected chi connectivity index (χ4v) is 2.97. The summed E-state index contributed by atoms with van der Waals surface area (Å²) in [6.07, 6.45) is 0. The van der Waals surface area contributed by atoms with E-state index in [2.05, 4.69) is 0 Å². The van der Waals surface area contributed by atoms with E-state index in [9.17, 15) is 22.4 Å². The molecule has 138 valence electrons. The van der Waals surface area contributed by atoms with Crippen LogP contribution in [0.3, 0.4) is 0 Å². The van der Waals surface area contributed by atoms with Gasteiger partial charge >= 0.3 is 5.97 Å². The summed E-state index contributed by atoms with van der Waals surface area (Å²) in [5.74, 6) is -1.67. The Morgan fingerprint density at radius 1 is 1.08 bits per heavy atom. The second-order valence-corrected chi connectivity index (χ2v) is 6.83. The number of methoxy groups -OCH3 is 1. The van der Waals surface area contributed by atoms with Crippen molar-refractivity contribution in [1.82, 2.24) is 4.72 Å². The van der Waals surface area contributed by atoms with Crippen molar-refractivity contribution in [3.05, 3.63) is 59.9 Å². The number of Topliss-reactive ketones (excluding diaryl/α,β-unsaturated/α-hetero) is 1. The van der Waals surface area contributed by atoms with Gasteiger partial charge in [0.1, 0.15) is 18.1 Å². The number of carbonyl (C=O) groups is 2. The zero-order valence-electron chi connectivity index (χ0n) is 13.8. The number of benzene rings is 2. The molecule has 0 saturated carbocycles. The van der Waals surface area contributed by atoms with Gasteiger partial charge < -0.3 is 9.47 Å². The van der Waals surface area contributed by atoms with Crippen LogP contribution in [0.15, 0.2) is 53.4 Å². The minimum absolute atomic E-state index is 0.197. The molecule has 9 heteroatoms. The quantitative estimate of drug-likeness (QED) is 0.550. The molecule has 0 saturated heterocycles. The SMILES string of the molecule is COc1ccccc1C(=O)COC(=O)CNS(=O)(=O)c1ccc(F)cc1. The van der Waals surface area contributed by atoms with E-state index in [-0.39, 0.29) is 10.5 Å². The normalized spacial score (nSPS) is 11.0. The van der Waals surface area contributed by atoms with E-state index in [1.807, 2.05) is 4.72 Å². The van der Waals surface area contributed by atoms with Crippen molar-refractivity contribution in [1.29, 1.82) is 0 Å². The van der Waals surface area contributed by atoms with E-state index < -0.39 is 40.7 Å². The summed E-state index contributed by atoms with van der Waals surface area (Å²) in [4.78, 5) is 23.5. The molecule has 2 rings (SSSR count). The highest BCUT2D eigenvalue weighted by Crippen LogP contribution is 2.17. The second-order valence-electron chi connectivity index (χ2n) is 5.06. The lowest BCUT2D eigenvalue weighted by molar-refractivity contribution is -0.141. The van der Waals surface area contributed by atoms with E-state index in [1.165, 1.54) is 13.2 Å².